The van der Waals surface area contributed by atoms with Gasteiger partial charge in [0, 0.05) is 0 Å². The van der Waals surface area contributed by atoms with Gasteiger partial charge in [-0.1, -0.05) is 45.2 Å². The Hall–Kier alpha value is -1.04. The van der Waals surface area contributed by atoms with Crippen LogP contribution in [0.2, 0.25) is 10.0 Å². The van der Waals surface area contributed by atoms with Gasteiger partial charge in [0.05, 0.1) is 20.9 Å². The van der Waals surface area contributed by atoms with Gasteiger partial charge in [0.15, 0.2) is 0 Å². The number of rotatable bonds is 4. The highest BCUT2D eigenvalue weighted by Crippen LogP contribution is 2.32. The summed E-state index contributed by atoms with van der Waals surface area (Å²) in [7, 11) is 0. The summed E-state index contributed by atoms with van der Waals surface area (Å²) in [6, 6.07) is 8.23. The fourth-order valence-corrected chi connectivity index (χ4v) is 2.52. The summed E-state index contributed by atoms with van der Waals surface area (Å²) in [4.78, 5) is 9.81. The van der Waals surface area contributed by atoms with Gasteiger partial charge in [0.25, 0.3) is 0 Å². The quantitative estimate of drug-likeness (QED) is 0.427. The molecule has 19 heavy (non-hydrogen) atoms. The maximum atomic E-state index is 10.5. The van der Waals surface area contributed by atoms with Crippen molar-refractivity contribution in [3.8, 4) is 0 Å². The van der Waals surface area contributed by atoms with E-state index in [1.54, 1.807) is 18.2 Å². The Kier molecular flexibility index (Phi) is 4.50. The van der Waals surface area contributed by atoms with Crippen molar-refractivity contribution in [3.63, 3.8) is 0 Å². The summed E-state index contributed by atoms with van der Waals surface area (Å²) in [6.45, 7) is 0. The molecule has 0 bridgehead atoms. The van der Waals surface area contributed by atoms with Crippen LogP contribution in [-0.2, 0) is 6.42 Å². The highest BCUT2D eigenvalue weighted by Gasteiger charge is 2.18. The minimum atomic E-state index is -0.567. The molecule has 1 aromatic carbocycles. The molecule has 0 aliphatic rings. The second kappa shape index (κ2) is 5.94. The van der Waals surface area contributed by atoms with E-state index < -0.39 is 4.92 Å². The van der Waals surface area contributed by atoms with Crippen molar-refractivity contribution in [1.29, 1.82) is 0 Å². The first-order valence-electron chi connectivity index (χ1n) is 5.29. The van der Waals surface area contributed by atoms with E-state index in [-0.39, 0.29) is 10.7 Å². The summed E-state index contributed by atoms with van der Waals surface area (Å²) in [6.07, 6.45) is 0.585. The molecule has 1 heterocycles. The topological polar surface area (TPSA) is 56.3 Å². The summed E-state index contributed by atoms with van der Waals surface area (Å²) >= 11 is 15.2. The SMILES string of the molecule is O=[N+]([O-])c1ccc(C(Br)Cc2ccc(Cl)c(Cl)c2)o1. The van der Waals surface area contributed by atoms with Crippen molar-refractivity contribution in [2.75, 3.05) is 0 Å². The van der Waals surface area contributed by atoms with Gasteiger partial charge < -0.3 is 4.42 Å². The van der Waals surface area contributed by atoms with Crippen LogP contribution in [0.5, 0.6) is 0 Å². The van der Waals surface area contributed by atoms with E-state index in [1.807, 2.05) is 6.07 Å². The predicted octanol–water partition coefficient (Wildman–Crippen LogP) is 5.17. The Labute approximate surface area is 127 Å². The van der Waals surface area contributed by atoms with Crippen LogP contribution in [-0.4, -0.2) is 4.92 Å². The molecule has 4 nitrogen and oxygen atoms in total. The monoisotopic (exact) mass is 363 g/mol. The molecule has 0 fully saturated rings. The van der Waals surface area contributed by atoms with E-state index in [9.17, 15) is 10.1 Å². The molecule has 1 aromatic heterocycles. The normalized spacial score (nSPS) is 12.4. The highest BCUT2D eigenvalue weighted by atomic mass is 79.9. The van der Waals surface area contributed by atoms with Gasteiger partial charge >= 0.3 is 5.88 Å². The molecule has 7 heteroatoms. The van der Waals surface area contributed by atoms with Crippen molar-refractivity contribution >= 4 is 45.0 Å². The van der Waals surface area contributed by atoms with Crippen LogP contribution >= 0.6 is 39.1 Å². The average Bonchev–Trinajstić information content (AvgIpc) is 2.83. The van der Waals surface area contributed by atoms with Gasteiger partial charge in [-0.2, -0.15) is 0 Å². The van der Waals surface area contributed by atoms with Crippen molar-refractivity contribution < 1.29 is 9.34 Å². The van der Waals surface area contributed by atoms with E-state index in [0.29, 0.717) is 22.2 Å². The molecular formula is C12H8BrCl2NO3. The summed E-state index contributed by atoms with van der Waals surface area (Å²) in [5.74, 6) is 0.228. The average molecular weight is 365 g/mol. The van der Waals surface area contributed by atoms with Crippen molar-refractivity contribution in [1.82, 2.24) is 0 Å². The van der Waals surface area contributed by atoms with Crippen LogP contribution in [0, 0.1) is 10.1 Å². The lowest BCUT2D eigenvalue weighted by atomic mass is 10.1. The van der Waals surface area contributed by atoms with Crippen LogP contribution in [0.3, 0.4) is 0 Å². The number of hydrogen-bond donors (Lipinski definition) is 0. The minimum Gasteiger partial charge on any atom is -0.405 e. The van der Waals surface area contributed by atoms with Gasteiger partial charge in [0.2, 0.25) is 0 Å². The third-order valence-electron chi connectivity index (χ3n) is 2.50. The maximum absolute atomic E-state index is 10.5. The molecular weight excluding hydrogens is 357 g/mol. The lowest BCUT2D eigenvalue weighted by Crippen LogP contribution is -1.94. The molecule has 100 valence electrons. The molecule has 0 amide bonds. The van der Waals surface area contributed by atoms with Gasteiger partial charge in [0.1, 0.15) is 10.7 Å². The number of furan rings is 1. The maximum Gasteiger partial charge on any atom is 0.433 e. The zero-order chi connectivity index (χ0) is 14.0. The van der Waals surface area contributed by atoms with Gasteiger partial charge in [-0.15, -0.1) is 0 Å². The second-order valence-corrected chi connectivity index (χ2v) is 5.77. The van der Waals surface area contributed by atoms with Gasteiger partial charge in [-0.25, -0.2) is 0 Å². The Morgan fingerprint density at radius 1 is 1.26 bits per heavy atom. The fraction of sp³-hybridized carbons (Fsp3) is 0.167. The molecule has 0 saturated heterocycles. The van der Waals surface area contributed by atoms with Gasteiger partial charge in [-0.3, -0.25) is 10.1 Å². The van der Waals surface area contributed by atoms with Crippen LogP contribution in [0.25, 0.3) is 0 Å². The van der Waals surface area contributed by atoms with Crippen LogP contribution < -0.4 is 0 Å². The van der Waals surface area contributed by atoms with Crippen molar-refractivity contribution in [3.05, 3.63) is 61.8 Å². The zero-order valence-electron chi connectivity index (χ0n) is 9.48. The number of nitro groups is 1. The second-order valence-electron chi connectivity index (χ2n) is 3.85. The molecule has 2 rings (SSSR count). The number of nitrogens with zero attached hydrogens (tertiary/aromatic N) is 1. The lowest BCUT2D eigenvalue weighted by Gasteiger charge is -2.07. The molecule has 0 spiro atoms. The molecule has 0 aliphatic heterocycles. The van der Waals surface area contributed by atoms with Crippen LogP contribution in [0.4, 0.5) is 5.88 Å². The third-order valence-corrected chi connectivity index (χ3v) is 4.01. The first-order valence-corrected chi connectivity index (χ1v) is 6.96. The Morgan fingerprint density at radius 2 is 2.00 bits per heavy atom. The molecule has 0 aliphatic carbocycles. The molecule has 1 atom stereocenters. The van der Waals surface area contributed by atoms with E-state index in [0.717, 1.165) is 5.56 Å². The van der Waals surface area contributed by atoms with E-state index in [1.165, 1.54) is 6.07 Å². The standard InChI is InChI=1S/C12H8BrCl2NO3/c13-8(11-3-4-12(19-11)16(17)18)5-7-1-2-9(14)10(15)6-7/h1-4,6,8H,5H2. The smallest absolute Gasteiger partial charge is 0.405 e. The molecule has 2 aromatic rings. The Balaban J connectivity index is 2.13. The summed E-state index contributed by atoms with van der Waals surface area (Å²) < 4.78 is 5.13. The predicted molar refractivity (Wildman–Crippen MR) is 77.2 cm³/mol. The number of benzene rings is 1. The number of halogens is 3. The van der Waals surface area contributed by atoms with Crippen molar-refractivity contribution in [2.45, 2.75) is 11.2 Å². The van der Waals surface area contributed by atoms with E-state index in [4.69, 9.17) is 27.6 Å². The summed E-state index contributed by atoms with van der Waals surface area (Å²) in [5, 5.41) is 11.5. The van der Waals surface area contributed by atoms with E-state index in [2.05, 4.69) is 15.9 Å². The highest BCUT2D eigenvalue weighted by molar-refractivity contribution is 9.09. The molecule has 0 saturated carbocycles. The third kappa shape index (κ3) is 3.49. The molecule has 0 N–H and O–H groups in total. The lowest BCUT2D eigenvalue weighted by molar-refractivity contribution is -0.402. The first-order chi connectivity index (χ1) is 8.97. The zero-order valence-corrected chi connectivity index (χ0v) is 12.6. The Morgan fingerprint density at radius 3 is 2.58 bits per heavy atom. The number of alkyl halides is 1. The molecule has 0 radical (unpaired) electrons. The minimum absolute atomic E-state index is 0.168. The largest absolute Gasteiger partial charge is 0.433 e. The number of hydrogen-bond acceptors (Lipinski definition) is 3. The van der Waals surface area contributed by atoms with Crippen molar-refractivity contribution in [2.24, 2.45) is 0 Å². The first kappa shape index (κ1) is 14.4. The van der Waals surface area contributed by atoms with E-state index >= 15 is 0 Å². The molecule has 1 unspecified atom stereocenters. The fourth-order valence-electron chi connectivity index (χ4n) is 1.58. The van der Waals surface area contributed by atoms with Gasteiger partial charge in [-0.05, 0) is 30.2 Å². The summed E-state index contributed by atoms with van der Waals surface area (Å²) in [5.41, 5.74) is 0.954. The van der Waals surface area contributed by atoms with Crippen LogP contribution in [0.15, 0.2) is 34.7 Å². The Bertz CT molecular complexity index is 615. The van der Waals surface area contributed by atoms with Crippen LogP contribution in [0.1, 0.15) is 16.2 Å².